The molecule has 0 radical (unpaired) electrons. The quantitative estimate of drug-likeness (QED) is 0.215. The third-order valence-corrected chi connectivity index (χ3v) is 10.6. The molecule has 0 bridgehead atoms. The maximum atomic E-state index is 11.5. The van der Waals surface area contributed by atoms with Crippen LogP contribution in [0.5, 0.6) is 0 Å². The second-order valence-corrected chi connectivity index (χ2v) is 15.6. The Morgan fingerprint density at radius 3 is 2.48 bits per heavy atom. The minimum atomic E-state index is -4.31. The first-order valence-corrected chi connectivity index (χ1v) is 17.7. The number of anilines is 1. The van der Waals surface area contributed by atoms with Crippen LogP contribution >= 0.6 is 0 Å². The van der Waals surface area contributed by atoms with Crippen LogP contribution in [-0.2, 0) is 32.3 Å². The number of carboxylic acids is 1. The summed E-state index contributed by atoms with van der Waals surface area (Å²) in [5.41, 5.74) is 10.4. The molecule has 2 aromatic rings. The van der Waals surface area contributed by atoms with Crippen LogP contribution in [0.4, 0.5) is 11.4 Å². The predicted molar refractivity (Wildman–Crippen MR) is 183 cm³/mol. The van der Waals surface area contributed by atoms with Crippen LogP contribution in [0.2, 0.25) is 0 Å². The van der Waals surface area contributed by atoms with E-state index in [4.69, 9.17) is 5.11 Å². The molecule has 2 aromatic carbocycles. The van der Waals surface area contributed by atoms with Crippen molar-refractivity contribution in [2.45, 2.75) is 77.2 Å². The monoisotopic (exact) mass is 645 g/mol. The van der Waals surface area contributed by atoms with E-state index in [-0.39, 0.29) is 23.7 Å². The minimum Gasteiger partial charge on any atom is -0.748 e. The fourth-order valence-electron chi connectivity index (χ4n) is 7.32. The summed E-state index contributed by atoms with van der Waals surface area (Å²) in [6.45, 7) is 10.8. The van der Waals surface area contributed by atoms with Gasteiger partial charge in [0.25, 0.3) is 0 Å². The number of hydrogen-bond acceptors (Lipinski definition) is 6. The zero-order valence-electron chi connectivity index (χ0n) is 28.0. The van der Waals surface area contributed by atoms with E-state index in [1.807, 2.05) is 7.05 Å². The van der Waals surface area contributed by atoms with Crippen molar-refractivity contribution in [3.63, 3.8) is 0 Å². The van der Waals surface area contributed by atoms with E-state index >= 15 is 0 Å². The first kappa shape index (κ1) is 33.8. The third-order valence-electron chi connectivity index (χ3n) is 9.77. The van der Waals surface area contributed by atoms with Crippen molar-refractivity contribution in [3.8, 4) is 0 Å². The molecule has 1 N–H and O–H groups in total. The molecule has 0 aromatic heterocycles. The normalized spacial score (nSPS) is 20.2. The van der Waals surface area contributed by atoms with Gasteiger partial charge in [-0.05, 0) is 87.5 Å². The number of hydrogen-bond donors (Lipinski definition) is 1. The Hall–Kier alpha value is -3.53. The maximum absolute atomic E-state index is 11.5. The van der Waals surface area contributed by atoms with Gasteiger partial charge >= 0.3 is 5.97 Å². The van der Waals surface area contributed by atoms with Crippen molar-refractivity contribution in [1.82, 2.24) is 4.90 Å². The van der Waals surface area contributed by atoms with E-state index in [1.54, 1.807) is 0 Å². The average Bonchev–Trinajstić information content (AvgIpc) is 3.56. The van der Waals surface area contributed by atoms with E-state index in [9.17, 15) is 17.8 Å². The topological polar surface area (TPSA) is 104 Å². The van der Waals surface area contributed by atoms with E-state index in [1.165, 1.54) is 28.1 Å². The highest BCUT2D eigenvalue weighted by Crippen LogP contribution is 2.49. The number of rotatable bonds is 12. The molecular weight excluding hydrogens is 598 g/mol. The lowest BCUT2D eigenvalue weighted by molar-refractivity contribution is -0.401. The van der Waals surface area contributed by atoms with Crippen molar-refractivity contribution in [2.24, 2.45) is 0 Å². The summed E-state index contributed by atoms with van der Waals surface area (Å²) in [7, 11) is -0.170. The lowest BCUT2D eigenvalue weighted by Crippen LogP contribution is -2.28. The largest absolute Gasteiger partial charge is 0.748 e. The second kappa shape index (κ2) is 12.9. The van der Waals surface area contributed by atoms with Crippen molar-refractivity contribution in [1.29, 1.82) is 0 Å². The van der Waals surface area contributed by atoms with Gasteiger partial charge < -0.3 is 19.5 Å². The number of carbonyl (C=O) groups is 1. The van der Waals surface area contributed by atoms with Gasteiger partial charge in [0.1, 0.15) is 7.05 Å². The first-order valence-electron chi connectivity index (χ1n) is 16.2. The highest BCUT2D eigenvalue weighted by Gasteiger charge is 2.43. The van der Waals surface area contributed by atoms with E-state index < -0.39 is 21.8 Å². The SMILES string of the molecule is CN(CCCC(=O)O)Cc1ccc2c(c1)C(C)(C)C(=CC1=CC(=CC3=[N+](C)c4ccccc4C3(C)C)CC1)N2CCCS(=O)(=O)[O-]. The number of para-hydroxylation sites is 1. The number of fused-ring (bicyclic) bond motifs is 2. The third kappa shape index (κ3) is 7.06. The van der Waals surface area contributed by atoms with Crippen molar-refractivity contribution < 1.29 is 27.4 Å². The lowest BCUT2D eigenvalue weighted by Gasteiger charge is -2.28. The molecule has 0 saturated heterocycles. The molecule has 246 valence electrons. The van der Waals surface area contributed by atoms with Crippen LogP contribution in [0.25, 0.3) is 0 Å². The first-order chi connectivity index (χ1) is 21.6. The Morgan fingerprint density at radius 1 is 1.04 bits per heavy atom. The zero-order valence-corrected chi connectivity index (χ0v) is 28.8. The molecule has 0 unspecified atom stereocenters. The second-order valence-electron chi connectivity index (χ2n) is 14.0. The Labute approximate surface area is 274 Å². The molecule has 0 atom stereocenters. The van der Waals surface area contributed by atoms with Crippen LogP contribution in [0.15, 0.2) is 77.5 Å². The Morgan fingerprint density at radius 2 is 1.78 bits per heavy atom. The van der Waals surface area contributed by atoms with Crippen LogP contribution in [-0.4, -0.2) is 72.2 Å². The van der Waals surface area contributed by atoms with E-state index in [2.05, 4.69) is 110 Å². The molecule has 1 aliphatic carbocycles. The number of benzene rings is 2. The molecular formula is C37H47N3O5S. The van der Waals surface area contributed by atoms with Gasteiger partial charge in [-0.2, -0.15) is 4.58 Å². The number of allylic oxidation sites excluding steroid dienone is 6. The van der Waals surface area contributed by atoms with Crippen LogP contribution in [0.3, 0.4) is 0 Å². The van der Waals surface area contributed by atoms with Gasteiger partial charge in [0.15, 0.2) is 5.71 Å². The van der Waals surface area contributed by atoms with E-state index in [0.717, 1.165) is 35.4 Å². The summed E-state index contributed by atoms with van der Waals surface area (Å²) in [5, 5.41) is 8.99. The molecule has 46 heavy (non-hydrogen) atoms. The number of aliphatic carboxylic acids is 1. The molecule has 0 fully saturated rings. The van der Waals surface area contributed by atoms with Gasteiger partial charge in [-0.1, -0.05) is 50.3 Å². The smallest absolute Gasteiger partial charge is 0.303 e. The summed E-state index contributed by atoms with van der Waals surface area (Å²) >= 11 is 0. The number of carboxylic acid groups (broad SMARTS) is 1. The van der Waals surface area contributed by atoms with Gasteiger partial charge in [0.2, 0.25) is 5.69 Å². The molecule has 0 spiro atoms. The predicted octanol–water partition coefficient (Wildman–Crippen LogP) is 6.25. The van der Waals surface area contributed by atoms with Crippen LogP contribution in [0, 0.1) is 0 Å². The van der Waals surface area contributed by atoms with Gasteiger partial charge in [0.05, 0.1) is 15.5 Å². The van der Waals surface area contributed by atoms with Gasteiger partial charge in [-0.15, -0.1) is 0 Å². The maximum Gasteiger partial charge on any atom is 0.303 e. The molecule has 0 amide bonds. The standard InChI is InChI=1S/C37H47N3O5S/c1-36(2)29-11-7-8-12-31(29)39(6)33(36)23-26-14-15-27(21-26)24-34-37(3,4)30-22-28(25-38(5)18-9-13-35(41)42)16-17-32(30)40(34)19-10-20-46(43,44)45/h7-8,11-12,16-17,21-24H,9-10,13-15,18-20,25H2,1-6H3,(H-,41,42,43,44,45). The Bertz CT molecular complexity index is 1760. The van der Waals surface area contributed by atoms with Gasteiger partial charge in [0, 0.05) is 59.8 Å². The zero-order chi connectivity index (χ0) is 33.4. The lowest BCUT2D eigenvalue weighted by atomic mass is 9.81. The highest BCUT2D eigenvalue weighted by atomic mass is 32.2. The molecule has 5 rings (SSSR count). The molecule has 2 aliphatic heterocycles. The minimum absolute atomic E-state index is 0.0940. The molecule has 2 heterocycles. The summed E-state index contributed by atoms with van der Waals surface area (Å²) in [6, 6.07) is 15.0. The van der Waals surface area contributed by atoms with Gasteiger partial charge in [-0.3, -0.25) is 4.79 Å². The van der Waals surface area contributed by atoms with E-state index in [0.29, 0.717) is 26.1 Å². The summed E-state index contributed by atoms with van der Waals surface area (Å²) in [5.74, 6) is -1.18. The Kier molecular flexibility index (Phi) is 9.51. The fourth-order valence-corrected chi connectivity index (χ4v) is 7.80. The van der Waals surface area contributed by atoms with Crippen molar-refractivity contribution >= 4 is 33.2 Å². The summed E-state index contributed by atoms with van der Waals surface area (Å²) in [4.78, 5) is 15.3. The van der Waals surface area contributed by atoms with Gasteiger partial charge in [-0.25, -0.2) is 8.42 Å². The van der Waals surface area contributed by atoms with Crippen molar-refractivity contribution in [3.05, 3.63) is 94.2 Å². The molecule has 9 heteroatoms. The molecule has 0 saturated carbocycles. The molecule has 8 nitrogen and oxygen atoms in total. The highest BCUT2D eigenvalue weighted by molar-refractivity contribution is 7.85. The van der Waals surface area contributed by atoms with Crippen molar-refractivity contribution in [2.75, 3.05) is 37.8 Å². The van der Waals surface area contributed by atoms with Crippen LogP contribution in [0.1, 0.15) is 76.5 Å². The summed E-state index contributed by atoms with van der Waals surface area (Å²) < 4.78 is 36.7. The molecule has 3 aliphatic rings. The Balaban J connectivity index is 1.44. The average molecular weight is 646 g/mol. The van der Waals surface area contributed by atoms with Crippen LogP contribution < -0.4 is 4.90 Å². The number of nitrogens with zero attached hydrogens (tertiary/aromatic N) is 3. The summed E-state index contributed by atoms with van der Waals surface area (Å²) in [6.07, 6.45) is 9.77. The fraction of sp³-hybridized carbons (Fsp3) is 0.459.